The van der Waals surface area contributed by atoms with E-state index in [0.717, 1.165) is 5.39 Å². The monoisotopic (exact) mass is 233 g/mol. The summed E-state index contributed by atoms with van der Waals surface area (Å²) in [4.78, 5) is 11.9. The number of hydrogen-bond donors (Lipinski definition) is 2. The number of aliphatic hydroxyl groups is 1. The van der Waals surface area contributed by atoms with Gasteiger partial charge in [0.05, 0.1) is 12.1 Å². The van der Waals surface area contributed by atoms with Crippen LogP contribution in [0.2, 0.25) is 0 Å². The number of hydrogen-bond acceptors (Lipinski definition) is 3. The van der Waals surface area contributed by atoms with Gasteiger partial charge in [-0.05, 0) is 26.0 Å². The van der Waals surface area contributed by atoms with Crippen LogP contribution in [0.5, 0.6) is 0 Å². The van der Waals surface area contributed by atoms with Crippen molar-refractivity contribution in [2.45, 2.75) is 19.4 Å². The Labute approximate surface area is 99.2 Å². The molecule has 2 rings (SSSR count). The van der Waals surface area contributed by atoms with Gasteiger partial charge in [0.2, 0.25) is 0 Å². The van der Waals surface area contributed by atoms with Crippen molar-refractivity contribution in [3.8, 4) is 0 Å². The van der Waals surface area contributed by atoms with Crippen LogP contribution in [0.3, 0.4) is 0 Å². The summed E-state index contributed by atoms with van der Waals surface area (Å²) in [7, 11) is 0. The second-order valence-electron chi connectivity index (χ2n) is 4.64. The molecule has 0 aliphatic rings. The maximum absolute atomic E-state index is 11.9. The van der Waals surface area contributed by atoms with Gasteiger partial charge in [0.1, 0.15) is 5.58 Å². The molecule has 1 aromatic carbocycles. The fourth-order valence-corrected chi connectivity index (χ4v) is 1.50. The lowest BCUT2D eigenvalue weighted by atomic mass is 10.1. The summed E-state index contributed by atoms with van der Waals surface area (Å²) in [6.07, 6.45) is 0. The molecule has 1 aromatic heterocycles. The third-order valence-electron chi connectivity index (χ3n) is 2.50. The zero-order chi connectivity index (χ0) is 12.5. The van der Waals surface area contributed by atoms with Crippen LogP contribution in [-0.2, 0) is 0 Å². The Bertz CT molecular complexity index is 509. The summed E-state index contributed by atoms with van der Waals surface area (Å²) >= 11 is 0. The molecule has 0 saturated heterocycles. The SMILES string of the molecule is CC(C)(CO)NC(=O)c1cc2ccccc2o1. The lowest BCUT2D eigenvalue weighted by Crippen LogP contribution is -2.46. The van der Waals surface area contributed by atoms with E-state index in [4.69, 9.17) is 9.52 Å². The minimum Gasteiger partial charge on any atom is -0.451 e. The van der Waals surface area contributed by atoms with Crippen molar-refractivity contribution in [2.24, 2.45) is 0 Å². The van der Waals surface area contributed by atoms with E-state index in [9.17, 15) is 4.79 Å². The molecule has 4 heteroatoms. The van der Waals surface area contributed by atoms with Crippen molar-refractivity contribution in [2.75, 3.05) is 6.61 Å². The van der Waals surface area contributed by atoms with Gasteiger partial charge in [-0.3, -0.25) is 4.79 Å². The van der Waals surface area contributed by atoms with Gasteiger partial charge in [-0.25, -0.2) is 0 Å². The normalized spacial score (nSPS) is 11.7. The number of rotatable bonds is 3. The number of aliphatic hydroxyl groups excluding tert-OH is 1. The molecule has 0 fully saturated rings. The quantitative estimate of drug-likeness (QED) is 0.851. The molecule has 0 bridgehead atoms. The number of carbonyl (C=O) groups excluding carboxylic acids is 1. The molecule has 1 amide bonds. The number of nitrogens with one attached hydrogen (secondary N) is 1. The third kappa shape index (κ3) is 2.47. The molecule has 0 unspecified atom stereocenters. The summed E-state index contributed by atoms with van der Waals surface area (Å²) in [6, 6.07) is 9.12. The highest BCUT2D eigenvalue weighted by Crippen LogP contribution is 2.19. The topological polar surface area (TPSA) is 62.5 Å². The van der Waals surface area contributed by atoms with Crippen LogP contribution in [0.25, 0.3) is 11.0 Å². The highest BCUT2D eigenvalue weighted by Gasteiger charge is 2.22. The van der Waals surface area contributed by atoms with Crippen LogP contribution >= 0.6 is 0 Å². The number of carbonyl (C=O) groups is 1. The molecule has 2 aromatic rings. The van der Waals surface area contributed by atoms with Crippen LogP contribution in [0.1, 0.15) is 24.4 Å². The first-order valence-corrected chi connectivity index (χ1v) is 5.44. The Morgan fingerprint density at radius 1 is 1.41 bits per heavy atom. The first-order valence-electron chi connectivity index (χ1n) is 5.44. The Balaban J connectivity index is 2.25. The molecule has 0 spiro atoms. The second kappa shape index (κ2) is 4.22. The molecule has 0 radical (unpaired) electrons. The van der Waals surface area contributed by atoms with Gasteiger partial charge >= 0.3 is 0 Å². The van der Waals surface area contributed by atoms with Gasteiger partial charge in [-0.2, -0.15) is 0 Å². The Kier molecular flexibility index (Phi) is 2.90. The molecule has 90 valence electrons. The first kappa shape index (κ1) is 11.7. The maximum atomic E-state index is 11.9. The van der Waals surface area contributed by atoms with Crippen LogP contribution < -0.4 is 5.32 Å². The molecule has 4 nitrogen and oxygen atoms in total. The van der Waals surface area contributed by atoms with Gasteiger partial charge in [0, 0.05) is 5.39 Å². The number of fused-ring (bicyclic) bond motifs is 1. The van der Waals surface area contributed by atoms with E-state index >= 15 is 0 Å². The zero-order valence-corrected chi connectivity index (χ0v) is 9.86. The number of benzene rings is 1. The van der Waals surface area contributed by atoms with Crippen LogP contribution in [-0.4, -0.2) is 23.2 Å². The van der Waals surface area contributed by atoms with E-state index in [2.05, 4.69) is 5.32 Å². The van der Waals surface area contributed by atoms with Crippen molar-refractivity contribution in [3.63, 3.8) is 0 Å². The van der Waals surface area contributed by atoms with Gasteiger partial charge < -0.3 is 14.8 Å². The first-order chi connectivity index (χ1) is 8.02. The van der Waals surface area contributed by atoms with E-state index in [1.165, 1.54) is 0 Å². The molecule has 17 heavy (non-hydrogen) atoms. The summed E-state index contributed by atoms with van der Waals surface area (Å²) in [6.45, 7) is 3.36. The smallest absolute Gasteiger partial charge is 0.287 e. The van der Waals surface area contributed by atoms with Gasteiger partial charge in [-0.1, -0.05) is 18.2 Å². The maximum Gasteiger partial charge on any atom is 0.287 e. The van der Waals surface area contributed by atoms with Crippen molar-refractivity contribution in [1.82, 2.24) is 5.32 Å². The zero-order valence-electron chi connectivity index (χ0n) is 9.86. The average Bonchev–Trinajstić information content (AvgIpc) is 2.72. The Hall–Kier alpha value is -1.81. The minimum absolute atomic E-state index is 0.126. The minimum atomic E-state index is -0.657. The second-order valence-corrected chi connectivity index (χ2v) is 4.64. The van der Waals surface area contributed by atoms with Crippen molar-refractivity contribution in [1.29, 1.82) is 0 Å². The lowest BCUT2D eigenvalue weighted by Gasteiger charge is -2.22. The summed E-state index contributed by atoms with van der Waals surface area (Å²) < 4.78 is 5.43. The van der Waals surface area contributed by atoms with Gasteiger partial charge in [-0.15, -0.1) is 0 Å². The summed E-state index contributed by atoms with van der Waals surface area (Å²) in [5, 5.41) is 12.7. The summed E-state index contributed by atoms with van der Waals surface area (Å²) in [5.74, 6) is -0.0621. The van der Waals surface area contributed by atoms with Crippen LogP contribution in [0.4, 0.5) is 0 Å². The molecular formula is C13H15NO3. The molecule has 0 saturated carbocycles. The molecule has 1 heterocycles. The Morgan fingerprint density at radius 2 is 2.12 bits per heavy atom. The standard InChI is InChI=1S/C13H15NO3/c1-13(2,8-15)14-12(16)11-7-9-5-3-4-6-10(9)17-11/h3-7,15H,8H2,1-2H3,(H,14,16). The fourth-order valence-electron chi connectivity index (χ4n) is 1.50. The highest BCUT2D eigenvalue weighted by atomic mass is 16.3. The van der Waals surface area contributed by atoms with Gasteiger partial charge in [0.25, 0.3) is 5.91 Å². The average molecular weight is 233 g/mol. The third-order valence-corrected chi connectivity index (χ3v) is 2.50. The van der Waals surface area contributed by atoms with E-state index in [1.54, 1.807) is 19.9 Å². The number of amides is 1. The van der Waals surface area contributed by atoms with E-state index in [1.807, 2.05) is 24.3 Å². The highest BCUT2D eigenvalue weighted by molar-refractivity contribution is 5.96. The Morgan fingerprint density at radius 3 is 2.76 bits per heavy atom. The van der Waals surface area contributed by atoms with Gasteiger partial charge in [0.15, 0.2) is 5.76 Å². The largest absolute Gasteiger partial charge is 0.451 e. The van der Waals surface area contributed by atoms with Crippen molar-refractivity contribution >= 4 is 16.9 Å². The van der Waals surface area contributed by atoms with Crippen molar-refractivity contribution in [3.05, 3.63) is 36.1 Å². The van der Waals surface area contributed by atoms with E-state index in [0.29, 0.717) is 5.58 Å². The van der Waals surface area contributed by atoms with Crippen LogP contribution in [0.15, 0.2) is 34.7 Å². The lowest BCUT2D eigenvalue weighted by molar-refractivity contribution is 0.0843. The molecule has 0 aliphatic carbocycles. The van der Waals surface area contributed by atoms with Crippen LogP contribution in [0, 0.1) is 0 Å². The predicted molar refractivity (Wildman–Crippen MR) is 64.8 cm³/mol. The fraction of sp³-hybridized carbons (Fsp3) is 0.308. The van der Waals surface area contributed by atoms with Crippen molar-refractivity contribution < 1.29 is 14.3 Å². The molecular weight excluding hydrogens is 218 g/mol. The van der Waals surface area contributed by atoms with E-state index in [-0.39, 0.29) is 18.3 Å². The number of furan rings is 1. The summed E-state index contributed by atoms with van der Waals surface area (Å²) in [5.41, 5.74) is 0.0234. The number of para-hydroxylation sites is 1. The molecule has 2 N–H and O–H groups in total. The molecule has 0 atom stereocenters. The molecule has 0 aliphatic heterocycles. The van der Waals surface area contributed by atoms with E-state index < -0.39 is 5.54 Å². The predicted octanol–water partition coefficient (Wildman–Crippen LogP) is 1.93.